The molecule has 0 spiro atoms. The number of nitrogens with zero attached hydrogens (tertiary/aromatic N) is 1. The fourth-order valence-electron chi connectivity index (χ4n) is 4.52. The molecule has 4 rings (SSSR count). The van der Waals surface area contributed by atoms with Crippen molar-refractivity contribution < 1.29 is 30.4 Å². The minimum Gasteiger partial charge on any atom is -0.390 e. The molecule has 1 heterocycles. The first-order valence-corrected chi connectivity index (χ1v) is 16.6. The maximum absolute atomic E-state index is 13.9. The van der Waals surface area contributed by atoms with E-state index in [1.54, 1.807) is 52.0 Å². The van der Waals surface area contributed by atoms with E-state index in [0.29, 0.717) is 16.7 Å². The van der Waals surface area contributed by atoms with Crippen LogP contribution in [-0.2, 0) is 29.9 Å². The summed E-state index contributed by atoms with van der Waals surface area (Å²) in [5.41, 5.74) is 2.81. The normalized spacial score (nSPS) is 19.3. The summed E-state index contributed by atoms with van der Waals surface area (Å²) in [5.74, 6) is -1.09. The second kappa shape index (κ2) is 9.99. The van der Waals surface area contributed by atoms with Crippen molar-refractivity contribution >= 4 is 41.3 Å². The van der Waals surface area contributed by atoms with Gasteiger partial charge in [0.2, 0.25) is 0 Å². The molecule has 0 amide bonds. The van der Waals surface area contributed by atoms with Crippen molar-refractivity contribution in [2.75, 3.05) is 20.5 Å². The second-order valence-corrected chi connectivity index (χ2v) is 15.3. The Bertz CT molecular complexity index is 1700. The molecule has 3 aromatic rings. The van der Waals surface area contributed by atoms with Crippen LogP contribution in [0.2, 0.25) is 0 Å². The average Bonchev–Trinajstić information content (AvgIpc) is 3.09. The molecule has 1 saturated heterocycles. The van der Waals surface area contributed by atoms with Crippen LogP contribution >= 0.6 is 0 Å². The van der Waals surface area contributed by atoms with Gasteiger partial charge in [0.25, 0.3) is 20.0 Å². The highest BCUT2D eigenvalue weighted by Crippen LogP contribution is 2.33. The maximum Gasteiger partial charge on any atom is 0.264 e. The van der Waals surface area contributed by atoms with Gasteiger partial charge in [-0.1, -0.05) is 24.3 Å². The Balaban J connectivity index is 1.76. The number of rotatable bonds is 7. The third kappa shape index (κ3) is 5.58. The quantitative estimate of drug-likeness (QED) is 0.439. The Hall–Kier alpha value is -2.93. The molecular weight excluding hydrogens is 548 g/mol. The van der Waals surface area contributed by atoms with Gasteiger partial charge in [0.15, 0.2) is 9.84 Å². The monoisotopic (exact) mass is 578 g/mol. The number of benzene rings is 3. The minimum absolute atomic E-state index is 0.00583. The van der Waals surface area contributed by atoms with Gasteiger partial charge in [-0.3, -0.25) is 9.03 Å². The SMILES string of the molecule is Cc1ccc(C)c(S(=O)(=O)Nc2ccc(N([C@@H]3CS(=O)(=O)C[C@@H]3O)S(=O)(=O)c3cc(C)ccc3C)cc2)c1. The molecule has 1 fully saturated rings. The van der Waals surface area contributed by atoms with Crippen molar-refractivity contribution in [3.05, 3.63) is 82.9 Å². The second-order valence-electron chi connectivity index (χ2n) is 9.70. The van der Waals surface area contributed by atoms with E-state index in [1.807, 2.05) is 6.07 Å². The van der Waals surface area contributed by atoms with Gasteiger partial charge in [0, 0.05) is 5.69 Å². The average molecular weight is 579 g/mol. The first-order chi connectivity index (χ1) is 17.6. The molecule has 0 unspecified atom stereocenters. The van der Waals surface area contributed by atoms with E-state index >= 15 is 0 Å². The van der Waals surface area contributed by atoms with Crippen molar-refractivity contribution in [1.29, 1.82) is 0 Å². The zero-order chi connectivity index (χ0) is 28.0. The highest BCUT2D eigenvalue weighted by atomic mass is 32.2. The summed E-state index contributed by atoms with van der Waals surface area (Å²) in [4.78, 5) is 0.119. The number of aryl methyl sites for hydroxylation is 4. The smallest absolute Gasteiger partial charge is 0.264 e. The number of hydrogen-bond donors (Lipinski definition) is 2. The molecule has 38 heavy (non-hydrogen) atoms. The Morgan fingerprint density at radius 3 is 1.84 bits per heavy atom. The van der Waals surface area contributed by atoms with Crippen molar-refractivity contribution in [3.63, 3.8) is 0 Å². The van der Waals surface area contributed by atoms with E-state index in [1.165, 1.54) is 30.3 Å². The van der Waals surface area contributed by atoms with E-state index in [-0.39, 0.29) is 21.2 Å². The molecule has 9 nitrogen and oxygen atoms in total. The molecule has 0 aromatic heterocycles. The van der Waals surface area contributed by atoms with Crippen LogP contribution in [0.4, 0.5) is 11.4 Å². The van der Waals surface area contributed by atoms with Crippen LogP contribution in [0.25, 0.3) is 0 Å². The molecule has 12 heteroatoms. The summed E-state index contributed by atoms with van der Waals surface area (Å²) < 4.78 is 81.9. The molecule has 0 bridgehead atoms. The van der Waals surface area contributed by atoms with Gasteiger partial charge in [0.05, 0.1) is 39.1 Å². The molecule has 0 aliphatic carbocycles. The van der Waals surface area contributed by atoms with Crippen molar-refractivity contribution in [1.82, 2.24) is 0 Å². The van der Waals surface area contributed by atoms with E-state index < -0.39 is 53.5 Å². The van der Waals surface area contributed by atoms with Gasteiger partial charge in [-0.05, 0) is 86.3 Å². The van der Waals surface area contributed by atoms with Gasteiger partial charge < -0.3 is 5.11 Å². The highest BCUT2D eigenvalue weighted by Gasteiger charge is 2.45. The number of nitrogens with one attached hydrogen (secondary N) is 1. The summed E-state index contributed by atoms with van der Waals surface area (Å²) >= 11 is 0. The number of aliphatic hydroxyl groups excluding tert-OH is 1. The lowest BCUT2D eigenvalue weighted by molar-refractivity contribution is 0.184. The van der Waals surface area contributed by atoms with Gasteiger partial charge >= 0.3 is 0 Å². The van der Waals surface area contributed by atoms with E-state index in [0.717, 1.165) is 9.87 Å². The molecule has 1 aliphatic rings. The van der Waals surface area contributed by atoms with Crippen LogP contribution in [0.15, 0.2) is 70.5 Å². The molecule has 2 N–H and O–H groups in total. The third-order valence-corrected chi connectivity index (χ3v) is 11.7. The van der Waals surface area contributed by atoms with Gasteiger partial charge in [-0.2, -0.15) is 0 Å². The van der Waals surface area contributed by atoms with Crippen molar-refractivity contribution in [3.8, 4) is 0 Å². The minimum atomic E-state index is -4.30. The predicted octanol–water partition coefficient (Wildman–Crippen LogP) is 3.07. The fourth-order valence-corrected chi connectivity index (χ4v) is 9.76. The van der Waals surface area contributed by atoms with Gasteiger partial charge in [0.1, 0.15) is 0 Å². The summed E-state index contributed by atoms with van der Waals surface area (Å²) in [6, 6.07) is 14.4. The molecule has 0 saturated carbocycles. The predicted molar refractivity (Wildman–Crippen MR) is 147 cm³/mol. The van der Waals surface area contributed by atoms with Gasteiger partial charge in [-0.25, -0.2) is 25.3 Å². The first kappa shape index (κ1) is 28.1. The Morgan fingerprint density at radius 1 is 0.789 bits per heavy atom. The molecule has 1 aliphatic heterocycles. The Labute approximate surface area is 224 Å². The lowest BCUT2D eigenvalue weighted by Gasteiger charge is -2.32. The topological polar surface area (TPSA) is 138 Å². The van der Waals surface area contributed by atoms with Crippen LogP contribution in [0.1, 0.15) is 22.3 Å². The molecule has 2 atom stereocenters. The van der Waals surface area contributed by atoms with E-state index in [9.17, 15) is 30.4 Å². The van der Waals surface area contributed by atoms with Crippen LogP contribution in [-0.4, -0.2) is 54.0 Å². The Kier molecular flexibility index (Phi) is 7.38. The highest BCUT2D eigenvalue weighted by molar-refractivity contribution is 7.93. The van der Waals surface area contributed by atoms with E-state index in [2.05, 4.69) is 4.72 Å². The molecule has 0 radical (unpaired) electrons. The van der Waals surface area contributed by atoms with Crippen LogP contribution in [0, 0.1) is 27.7 Å². The van der Waals surface area contributed by atoms with Crippen LogP contribution in [0.5, 0.6) is 0 Å². The first-order valence-electron chi connectivity index (χ1n) is 11.8. The summed E-state index contributed by atoms with van der Waals surface area (Å²) in [7, 11) is -11.9. The standard InChI is InChI=1S/C26H30N2O7S3/c1-17-5-7-19(3)25(13-17)37(32,33)27-21-9-11-22(12-10-21)28(23-15-36(30,31)16-24(23)29)38(34,35)26-14-18(2)6-8-20(26)4/h5-14,23-24,27,29H,15-16H2,1-4H3/t23-,24+/m1/s1. The fraction of sp³-hybridized carbons (Fsp3) is 0.308. The van der Waals surface area contributed by atoms with E-state index in [4.69, 9.17) is 0 Å². The van der Waals surface area contributed by atoms with Crippen molar-refractivity contribution in [2.24, 2.45) is 0 Å². The lowest BCUT2D eigenvalue weighted by atomic mass is 10.2. The zero-order valence-corrected chi connectivity index (χ0v) is 23.9. The molecule has 204 valence electrons. The summed E-state index contributed by atoms with van der Waals surface area (Å²) in [6.45, 7) is 6.86. The molecular formula is C26H30N2O7S3. The summed E-state index contributed by atoms with van der Waals surface area (Å²) in [5, 5.41) is 10.6. The van der Waals surface area contributed by atoms with Crippen molar-refractivity contribution in [2.45, 2.75) is 49.6 Å². The Morgan fingerprint density at radius 2 is 1.32 bits per heavy atom. The largest absolute Gasteiger partial charge is 0.390 e. The number of aliphatic hydroxyl groups is 1. The number of sulfone groups is 1. The summed E-state index contributed by atoms with van der Waals surface area (Å²) in [6.07, 6.45) is -1.43. The maximum atomic E-state index is 13.9. The molecule has 3 aromatic carbocycles. The van der Waals surface area contributed by atoms with Crippen LogP contribution < -0.4 is 9.03 Å². The zero-order valence-electron chi connectivity index (χ0n) is 21.4. The van der Waals surface area contributed by atoms with Crippen LogP contribution in [0.3, 0.4) is 0 Å². The van der Waals surface area contributed by atoms with Gasteiger partial charge in [-0.15, -0.1) is 0 Å². The third-order valence-electron chi connectivity index (χ3n) is 6.48. The lowest BCUT2D eigenvalue weighted by Crippen LogP contribution is -2.47. The number of sulfonamides is 2. The number of anilines is 2. The number of hydrogen-bond acceptors (Lipinski definition) is 7.